The van der Waals surface area contributed by atoms with Gasteiger partial charge in [-0.3, -0.25) is 13.9 Å². The van der Waals surface area contributed by atoms with Gasteiger partial charge in [0.05, 0.1) is 0 Å². The fraction of sp³-hybridized carbons (Fsp3) is 0.412. The van der Waals surface area contributed by atoms with E-state index in [1.807, 2.05) is 6.92 Å². The highest BCUT2D eigenvalue weighted by molar-refractivity contribution is 5.92. The minimum absolute atomic E-state index is 0.0302. The molecule has 3 aromatic heterocycles. The Morgan fingerprint density at radius 2 is 2.11 bits per heavy atom. The van der Waals surface area contributed by atoms with Gasteiger partial charge in [-0.1, -0.05) is 6.07 Å². The Kier molecular flexibility index (Phi) is 4.53. The fourth-order valence-electron chi connectivity index (χ4n) is 3.49. The van der Waals surface area contributed by atoms with Gasteiger partial charge in [-0.15, -0.1) is 10.2 Å². The van der Waals surface area contributed by atoms with Crippen molar-refractivity contribution in [2.45, 2.75) is 32.2 Å². The van der Waals surface area contributed by atoms with Gasteiger partial charge in [-0.25, -0.2) is 14.9 Å². The van der Waals surface area contributed by atoms with Crippen LogP contribution in [-0.4, -0.2) is 58.4 Å². The SMILES string of the molecule is CCn1c([C@H]2CCCN(C(=O)c3cccc(-n4cnnc4)n3)C2)n[nH]c1=O. The number of hydrogen-bond acceptors (Lipinski definition) is 6. The van der Waals surface area contributed by atoms with Gasteiger partial charge < -0.3 is 4.90 Å². The van der Waals surface area contributed by atoms with E-state index in [1.165, 1.54) is 12.7 Å². The Labute approximate surface area is 154 Å². The first-order valence-electron chi connectivity index (χ1n) is 8.93. The molecular formula is C17H20N8O2. The predicted molar refractivity (Wildman–Crippen MR) is 95.6 cm³/mol. The van der Waals surface area contributed by atoms with Crippen LogP contribution in [0.2, 0.25) is 0 Å². The lowest BCUT2D eigenvalue weighted by Gasteiger charge is -2.32. The largest absolute Gasteiger partial charge is 0.343 e. The number of amides is 1. The number of H-pyrrole nitrogens is 1. The van der Waals surface area contributed by atoms with Gasteiger partial charge in [0.15, 0.2) is 0 Å². The number of piperidine rings is 1. The van der Waals surface area contributed by atoms with Crippen LogP contribution in [0.4, 0.5) is 0 Å². The molecule has 1 fully saturated rings. The summed E-state index contributed by atoms with van der Waals surface area (Å²) in [7, 11) is 0. The molecule has 10 heteroatoms. The van der Waals surface area contributed by atoms with Crippen molar-refractivity contribution in [1.29, 1.82) is 0 Å². The molecule has 3 aromatic rings. The van der Waals surface area contributed by atoms with Gasteiger partial charge in [0.25, 0.3) is 5.91 Å². The van der Waals surface area contributed by atoms with E-state index >= 15 is 0 Å². The average molecular weight is 368 g/mol. The van der Waals surface area contributed by atoms with Gasteiger partial charge in [-0.2, -0.15) is 5.10 Å². The summed E-state index contributed by atoms with van der Waals surface area (Å²) >= 11 is 0. The monoisotopic (exact) mass is 368 g/mol. The van der Waals surface area contributed by atoms with E-state index in [9.17, 15) is 9.59 Å². The normalized spacial score (nSPS) is 17.2. The van der Waals surface area contributed by atoms with Crippen molar-refractivity contribution in [3.8, 4) is 5.82 Å². The number of aromatic amines is 1. The maximum Gasteiger partial charge on any atom is 0.343 e. The summed E-state index contributed by atoms with van der Waals surface area (Å²) in [6.07, 6.45) is 4.82. The van der Waals surface area contributed by atoms with Crippen molar-refractivity contribution in [3.63, 3.8) is 0 Å². The minimum atomic E-state index is -0.209. The second kappa shape index (κ2) is 7.14. The van der Waals surface area contributed by atoms with E-state index in [2.05, 4.69) is 25.4 Å². The molecule has 27 heavy (non-hydrogen) atoms. The molecular weight excluding hydrogens is 348 g/mol. The van der Waals surface area contributed by atoms with Crippen LogP contribution in [0.5, 0.6) is 0 Å². The van der Waals surface area contributed by atoms with Crippen molar-refractivity contribution >= 4 is 5.91 Å². The molecule has 1 N–H and O–H groups in total. The first-order chi connectivity index (χ1) is 13.2. The molecule has 1 aliphatic heterocycles. The van der Waals surface area contributed by atoms with Crippen LogP contribution in [0.3, 0.4) is 0 Å². The quantitative estimate of drug-likeness (QED) is 0.721. The molecule has 1 aliphatic rings. The third kappa shape index (κ3) is 3.25. The summed E-state index contributed by atoms with van der Waals surface area (Å²) in [5.41, 5.74) is 0.163. The Hall–Kier alpha value is -3.30. The summed E-state index contributed by atoms with van der Waals surface area (Å²) in [5, 5.41) is 14.2. The Morgan fingerprint density at radius 3 is 2.89 bits per heavy atom. The van der Waals surface area contributed by atoms with Crippen molar-refractivity contribution in [2.75, 3.05) is 13.1 Å². The van der Waals surface area contributed by atoms with E-state index in [0.717, 1.165) is 12.8 Å². The van der Waals surface area contributed by atoms with Gasteiger partial charge in [0, 0.05) is 25.6 Å². The summed E-state index contributed by atoms with van der Waals surface area (Å²) < 4.78 is 3.28. The number of carbonyl (C=O) groups is 1. The standard InChI is InChI=1S/C17H20N8O2/c1-2-25-15(21-22-17(25)27)12-5-4-8-23(9-12)16(26)13-6-3-7-14(20-13)24-10-18-19-11-24/h3,6-7,10-12H,2,4-5,8-9H2,1H3,(H,22,27)/t12-/m0/s1. The molecule has 1 atom stereocenters. The Bertz CT molecular complexity index is 991. The van der Waals surface area contributed by atoms with E-state index < -0.39 is 0 Å². The molecule has 140 valence electrons. The lowest BCUT2D eigenvalue weighted by atomic mass is 9.96. The van der Waals surface area contributed by atoms with Crippen LogP contribution in [0.25, 0.3) is 5.82 Å². The number of hydrogen-bond donors (Lipinski definition) is 1. The zero-order valence-corrected chi connectivity index (χ0v) is 14.9. The molecule has 0 radical (unpaired) electrons. The van der Waals surface area contributed by atoms with Crippen molar-refractivity contribution in [1.82, 2.24) is 39.4 Å². The summed E-state index contributed by atoms with van der Waals surface area (Å²) in [6.45, 7) is 3.64. The fourth-order valence-corrected chi connectivity index (χ4v) is 3.49. The second-order valence-corrected chi connectivity index (χ2v) is 6.47. The van der Waals surface area contributed by atoms with Crippen molar-refractivity contribution < 1.29 is 4.79 Å². The average Bonchev–Trinajstić information content (AvgIpc) is 3.37. The first-order valence-corrected chi connectivity index (χ1v) is 8.93. The summed E-state index contributed by atoms with van der Waals surface area (Å²) in [5.74, 6) is 1.20. The number of nitrogens with one attached hydrogen (secondary N) is 1. The van der Waals surface area contributed by atoms with Crippen molar-refractivity contribution in [3.05, 3.63) is 52.9 Å². The Morgan fingerprint density at radius 1 is 1.30 bits per heavy atom. The zero-order valence-electron chi connectivity index (χ0n) is 14.9. The van der Waals surface area contributed by atoms with E-state index in [1.54, 1.807) is 32.2 Å². The summed E-state index contributed by atoms with van der Waals surface area (Å²) in [4.78, 5) is 31.1. The number of likely N-dealkylation sites (tertiary alicyclic amines) is 1. The third-order valence-electron chi connectivity index (χ3n) is 4.81. The smallest absolute Gasteiger partial charge is 0.337 e. The zero-order chi connectivity index (χ0) is 18.8. The van der Waals surface area contributed by atoms with Crippen LogP contribution < -0.4 is 5.69 Å². The van der Waals surface area contributed by atoms with E-state index in [-0.39, 0.29) is 17.5 Å². The topological polar surface area (TPSA) is 115 Å². The van der Waals surface area contributed by atoms with Crippen molar-refractivity contribution in [2.24, 2.45) is 0 Å². The molecule has 10 nitrogen and oxygen atoms in total. The van der Waals surface area contributed by atoms with Gasteiger partial charge >= 0.3 is 5.69 Å². The molecule has 0 saturated carbocycles. The molecule has 0 bridgehead atoms. The minimum Gasteiger partial charge on any atom is -0.337 e. The molecule has 0 spiro atoms. The number of aromatic nitrogens is 7. The lowest BCUT2D eigenvalue weighted by molar-refractivity contribution is 0.0697. The maximum absolute atomic E-state index is 13.0. The maximum atomic E-state index is 13.0. The highest BCUT2D eigenvalue weighted by atomic mass is 16.2. The van der Waals surface area contributed by atoms with Crippen LogP contribution in [0, 0.1) is 0 Å². The van der Waals surface area contributed by atoms with E-state index in [0.29, 0.717) is 37.0 Å². The molecule has 4 heterocycles. The molecule has 0 unspecified atom stereocenters. The molecule has 0 aromatic carbocycles. The molecule has 4 rings (SSSR count). The third-order valence-corrected chi connectivity index (χ3v) is 4.81. The van der Waals surface area contributed by atoms with Crippen LogP contribution >= 0.6 is 0 Å². The van der Waals surface area contributed by atoms with Gasteiger partial charge in [0.2, 0.25) is 0 Å². The van der Waals surface area contributed by atoms with Crippen LogP contribution in [0.1, 0.15) is 42.0 Å². The molecule has 0 aliphatic carbocycles. The van der Waals surface area contributed by atoms with Crippen LogP contribution in [0.15, 0.2) is 35.6 Å². The highest BCUT2D eigenvalue weighted by Crippen LogP contribution is 2.25. The molecule has 1 saturated heterocycles. The second-order valence-electron chi connectivity index (χ2n) is 6.47. The van der Waals surface area contributed by atoms with Gasteiger partial charge in [-0.05, 0) is 31.9 Å². The number of carbonyl (C=O) groups excluding carboxylic acids is 1. The first kappa shape index (κ1) is 17.1. The molecule has 1 amide bonds. The lowest BCUT2D eigenvalue weighted by Crippen LogP contribution is -2.40. The van der Waals surface area contributed by atoms with Gasteiger partial charge in [0.1, 0.15) is 30.0 Å². The highest BCUT2D eigenvalue weighted by Gasteiger charge is 2.29. The van der Waals surface area contributed by atoms with Crippen LogP contribution in [-0.2, 0) is 6.54 Å². The predicted octanol–water partition coefficient (Wildman–Crippen LogP) is 0.587. The van der Waals surface area contributed by atoms with E-state index in [4.69, 9.17) is 0 Å². The number of nitrogens with zero attached hydrogens (tertiary/aromatic N) is 7. The number of rotatable bonds is 4. The number of pyridine rings is 1. The Balaban J connectivity index is 1.55. The summed E-state index contributed by atoms with van der Waals surface area (Å²) in [6, 6.07) is 5.29.